The van der Waals surface area contributed by atoms with Gasteiger partial charge in [0.15, 0.2) is 0 Å². The SMILES string of the molecule is O=C(O)c1ccc2c(c1)CCCC(c1cccc(CC(F)(F)F)c1)=C2c1ccc(CC2CN(CCCF)C2)cc1. The molecular formula is C33H33F4NO2. The number of aryl methyl sites for hydroxylation is 1. The van der Waals surface area contributed by atoms with E-state index in [9.17, 15) is 27.5 Å². The van der Waals surface area contributed by atoms with Gasteiger partial charge in [-0.15, -0.1) is 0 Å². The van der Waals surface area contributed by atoms with E-state index in [1.54, 1.807) is 24.3 Å². The molecule has 1 fully saturated rings. The maximum absolute atomic E-state index is 13.2. The summed E-state index contributed by atoms with van der Waals surface area (Å²) in [5.74, 6) is -0.439. The molecule has 5 rings (SSSR count). The molecule has 1 heterocycles. The van der Waals surface area contributed by atoms with E-state index in [-0.39, 0.29) is 17.8 Å². The minimum Gasteiger partial charge on any atom is -0.478 e. The molecule has 0 amide bonds. The number of hydrogen-bond donors (Lipinski definition) is 1. The lowest BCUT2D eigenvalue weighted by Gasteiger charge is -2.39. The van der Waals surface area contributed by atoms with Crippen molar-refractivity contribution in [2.75, 3.05) is 26.3 Å². The van der Waals surface area contributed by atoms with Gasteiger partial charge in [-0.3, -0.25) is 4.39 Å². The summed E-state index contributed by atoms with van der Waals surface area (Å²) in [6, 6.07) is 20.2. The predicted molar refractivity (Wildman–Crippen MR) is 149 cm³/mol. The summed E-state index contributed by atoms with van der Waals surface area (Å²) in [5.41, 5.74) is 7.16. The Bertz CT molecular complexity index is 1390. The number of allylic oxidation sites excluding steroid dienone is 1. The molecule has 3 nitrogen and oxygen atoms in total. The zero-order chi connectivity index (χ0) is 28.3. The summed E-state index contributed by atoms with van der Waals surface area (Å²) < 4.78 is 52.0. The molecule has 40 heavy (non-hydrogen) atoms. The first kappa shape index (κ1) is 28.1. The van der Waals surface area contributed by atoms with E-state index >= 15 is 0 Å². The van der Waals surface area contributed by atoms with Crippen LogP contribution in [0.25, 0.3) is 11.1 Å². The van der Waals surface area contributed by atoms with Crippen molar-refractivity contribution in [3.05, 3.63) is 106 Å². The van der Waals surface area contributed by atoms with Crippen molar-refractivity contribution in [3.63, 3.8) is 0 Å². The molecule has 2 aliphatic rings. The number of nitrogens with zero attached hydrogens (tertiary/aromatic N) is 1. The van der Waals surface area contributed by atoms with Gasteiger partial charge in [0.1, 0.15) is 0 Å². The first-order valence-electron chi connectivity index (χ1n) is 13.8. The fourth-order valence-corrected chi connectivity index (χ4v) is 6.05. The first-order chi connectivity index (χ1) is 19.2. The number of carboxylic acids is 1. The van der Waals surface area contributed by atoms with E-state index in [0.717, 1.165) is 65.9 Å². The molecule has 7 heteroatoms. The van der Waals surface area contributed by atoms with Crippen LogP contribution in [0.2, 0.25) is 0 Å². The Balaban J connectivity index is 1.51. The number of carboxylic acid groups (broad SMARTS) is 1. The number of aromatic carboxylic acids is 1. The smallest absolute Gasteiger partial charge is 0.393 e. The topological polar surface area (TPSA) is 40.5 Å². The molecule has 1 saturated heterocycles. The molecule has 1 aliphatic heterocycles. The highest BCUT2D eigenvalue weighted by molar-refractivity contribution is 6.00. The van der Waals surface area contributed by atoms with Gasteiger partial charge in [-0.1, -0.05) is 54.6 Å². The van der Waals surface area contributed by atoms with Gasteiger partial charge >= 0.3 is 12.1 Å². The Morgan fingerprint density at radius 1 is 0.925 bits per heavy atom. The van der Waals surface area contributed by atoms with E-state index < -0.39 is 18.6 Å². The Labute approximate surface area is 232 Å². The van der Waals surface area contributed by atoms with Crippen LogP contribution in [-0.4, -0.2) is 48.5 Å². The molecule has 210 valence electrons. The van der Waals surface area contributed by atoms with Gasteiger partial charge in [-0.25, -0.2) is 4.79 Å². The second-order valence-corrected chi connectivity index (χ2v) is 10.9. The van der Waals surface area contributed by atoms with Crippen LogP contribution in [0, 0.1) is 5.92 Å². The van der Waals surface area contributed by atoms with Crippen molar-refractivity contribution in [1.29, 1.82) is 0 Å². The Hall–Kier alpha value is -3.45. The number of halogens is 4. The fourth-order valence-electron chi connectivity index (χ4n) is 6.05. The van der Waals surface area contributed by atoms with Crippen molar-refractivity contribution < 1.29 is 27.5 Å². The van der Waals surface area contributed by atoms with Crippen LogP contribution < -0.4 is 0 Å². The number of alkyl halides is 4. The third kappa shape index (κ3) is 6.64. The van der Waals surface area contributed by atoms with Gasteiger partial charge in [0.2, 0.25) is 0 Å². The lowest BCUT2D eigenvalue weighted by atomic mass is 9.85. The molecule has 1 aliphatic carbocycles. The van der Waals surface area contributed by atoms with Crippen molar-refractivity contribution in [2.45, 2.75) is 44.7 Å². The maximum Gasteiger partial charge on any atom is 0.393 e. The van der Waals surface area contributed by atoms with E-state index in [2.05, 4.69) is 29.2 Å². The number of fused-ring (bicyclic) bond motifs is 1. The molecule has 0 radical (unpaired) electrons. The summed E-state index contributed by atoms with van der Waals surface area (Å²) in [6.45, 7) is 2.47. The lowest BCUT2D eigenvalue weighted by molar-refractivity contribution is -0.127. The molecule has 3 aromatic rings. The van der Waals surface area contributed by atoms with Gasteiger partial charge in [-0.2, -0.15) is 13.2 Å². The summed E-state index contributed by atoms with van der Waals surface area (Å²) in [6.07, 6.45) is -1.64. The lowest BCUT2D eigenvalue weighted by Crippen LogP contribution is -2.47. The molecule has 0 atom stereocenters. The number of benzene rings is 3. The zero-order valence-electron chi connectivity index (χ0n) is 22.3. The second kappa shape index (κ2) is 12.0. The third-order valence-electron chi connectivity index (χ3n) is 7.88. The van der Waals surface area contributed by atoms with Gasteiger partial charge in [-0.05, 0) is 94.7 Å². The van der Waals surface area contributed by atoms with E-state index in [0.29, 0.717) is 25.2 Å². The average Bonchev–Trinajstić information content (AvgIpc) is 3.08. The van der Waals surface area contributed by atoms with Crippen LogP contribution in [0.3, 0.4) is 0 Å². The van der Waals surface area contributed by atoms with Crippen LogP contribution in [0.1, 0.15) is 63.0 Å². The van der Waals surface area contributed by atoms with Gasteiger partial charge in [0.25, 0.3) is 0 Å². The van der Waals surface area contributed by atoms with E-state index in [1.807, 2.05) is 12.1 Å². The Morgan fingerprint density at radius 2 is 1.70 bits per heavy atom. The highest BCUT2D eigenvalue weighted by Crippen LogP contribution is 2.41. The standard InChI is InChI=1S/C33H33F4NO2/c34-14-3-15-38-20-24(21-38)16-22-8-10-25(11-9-22)31-29(26-5-1-4-23(17-26)19-33(35,36)37)7-2-6-27-18-28(32(39)40)12-13-30(27)31/h1,4-5,8-13,17-18,24H,2-3,6-7,14-16,19-21H2,(H,39,40). The number of rotatable bonds is 9. The van der Waals surface area contributed by atoms with Gasteiger partial charge in [0, 0.05) is 19.6 Å². The Kier molecular flexibility index (Phi) is 8.40. The summed E-state index contributed by atoms with van der Waals surface area (Å²) in [5, 5.41) is 9.56. The third-order valence-corrected chi connectivity index (χ3v) is 7.88. The molecule has 0 spiro atoms. The number of hydrogen-bond acceptors (Lipinski definition) is 2. The normalized spacial score (nSPS) is 16.4. The first-order valence-corrected chi connectivity index (χ1v) is 13.8. The van der Waals surface area contributed by atoms with Crippen LogP contribution in [0.4, 0.5) is 17.6 Å². The molecule has 3 aromatic carbocycles. The zero-order valence-corrected chi connectivity index (χ0v) is 22.3. The largest absolute Gasteiger partial charge is 0.478 e. The number of likely N-dealkylation sites (tertiary alicyclic amines) is 1. The van der Waals surface area contributed by atoms with Crippen LogP contribution >= 0.6 is 0 Å². The maximum atomic E-state index is 13.2. The highest BCUT2D eigenvalue weighted by Gasteiger charge is 2.29. The predicted octanol–water partition coefficient (Wildman–Crippen LogP) is 7.62. The van der Waals surface area contributed by atoms with E-state index in [1.165, 1.54) is 11.6 Å². The quantitative estimate of drug-likeness (QED) is 0.278. The summed E-state index contributed by atoms with van der Waals surface area (Å²) in [4.78, 5) is 13.9. The van der Waals surface area contributed by atoms with Crippen molar-refractivity contribution >= 4 is 17.1 Å². The van der Waals surface area contributed by atoms with Crippen molar-refractivity contribution in [2.24, 2.45) is 5.92 Å². The molecule has 0 aromatic heterocycles. The van der Waals surface area contributed by atoms with Crippen LogP contribution in [0.15, 0.2) is 66.7 Å². The molecule has 1 N–H and O–H groups in total. The van der Waals surface area contributed by atoms with Crippen molar-refractivity contribution in [1.82, 2.24) is 4.90 Å². The van der Waals surface area contributed by atoms with Gasteiger partial charge < -0.3 is 10.0 Å². The Morgan fingerprint density at radius 3 is 2.40 bits per heavy atom. The summed E-state index contributed by atoms with van der Waals surface area (Å²) in [7, 11) is 0. The van der Waals surface area contributed by atoms with Gasteiger partial charge in [0.05, 0.1) is 18.7 Å². The molecule has 0 unspecified atom stereocenters. The minimum atomic E-state index is -4.29. The van der Waals surface area contributed by atoms with Crippen LogP contribution in [-0.2, 0) is 19.3 Å². The highest BCUT2D eigenvalue weighted by atomic mass is 19.4. The monoisotopic (exact) mass is 551 g/mol. The molecule has 0 saturated carbocycles. The fraction of sp³-hybridized carbons (Fsp3) is 0.364. The molecular weight excluding hydrogens is 518 g/mol. The van der Waals surface area contributed by atoms with Crippen molar-refractivity contribution in [3.8, 4) is 0 Å². The average molecular weight is 552 g/mol. The number of carbonyl (C=O) groups is 1. The molecule has 0 bridgehead atoms. The van der Waals surface area contributed by atoms with Crippen LogP contribution in [0.5, 0.6) is 0 Å². The summed E-state index contributed by atoms with van der Waals surface area (Å²) >= 11 is 0. The minimum absolute atomic E-state index is 0.221. The second-order valence-electron chi connectivity index (χ2n) is 10.9. The van der Waals surface area contributed by atoms with E-state index in [4.69, 9.17) is 0 Å².